The van der Waals surface area contributed by atoms with Crippen LogP contribution in [-0.4, -0.2) is 19.1 Å². The maximum absolute atomic E-state index is 12.1. The average Bonchev–Trinajstić information content (AvgIpc) is 2.47. The van der Waals surface area contributed by atoms with Gasteiger partial charge in [0.1, 0.15) is 13.2 Å². The Morgan fingerprint density at radius 3 is 2.71 bits per heavy atom. The van der Waals surface area contributed by atoms with Gasteiger partial charge in [0.05, 0.1) is 6.42 Å². The molecule has 4 nitrogen and oxygen atoms in total. The summed E-state index contributed by atoms with van der Waals surface area (Å²) >= 11 is 3.38. The summed E-state index contributed by atoms with van der Waals surface area (Å²) in [5.74, 6) is 1.37. The highest BCUT2D eigenvalue weighted by atomic mass is 79.9. The fraction of sp³-hybridized carbons (Fsp3) is 0.188. The molecule has 2 aromatic rings. The Morgan fingerprint density at radius 1 is 1.10 bits per heavy atom. The van der Waals surface area contributed by atoms with Gasteiger partial charge in [0.2, 0.25) is 5.91 Å². The van der Waals surface area contributed by atoms with E-state index in [0.29, 0.717) is 25.4 Å². The van der Waals surface area contributed by atoms with Crippen LogP contribution in [0.2, 0.25) is 0 Å². The largest absolute Gasteiger partial charge is 0.486 e. The maximum Gasteiger partial charge on any atom is 0.228 e. The fourth-order valence-electron chi connectivity index (χ4n) is 2.15. The Bertz CT molecular complexity index is 672. The van der Waals surface area contributed by atoms with Crippen LogP contribution in [0.15, 0.2) is 46.9 Å². The molecule has 0 radical (unpaired) electrons. The maximum atomic E-state index is 12.1. The van der Waals surface area contributed by atoms with Gasteiger partial charge in [0.25, 0.3) is 0 Å². The van der Waals surface area contributed by atoms with Crippen LogP contribution in [-0.2, 0) is 11.2 Å². The van der Waals surface area contributed by atoms with Gasteiger partial charge in [-0.25, -0.2) is 0 Å². The molecule has 5 heteroatoms. The van der Waals surface area contributed by atoms with E-state index >= 15 is 0 Å². The van der Waals surface area contributed by atoms with Crippen molar-refractivity contribution < 1.29 is 14.3 Å². The van der Waals surface area contributed by atoms with Crippen LogP contribution in [0.25, 0.3) is 0 Å². The minimum Gasteiger partial charge on any atom is -0.486 e. The quantitative estimate of drug-likeness (QED) is 0.925. The van der Waals surface area contributed by atoms with Crippen molar-refractivity contribution in [2.24, 2.45) is 0 Å². The van der Waals surface area contributed by atoms with Crippen molar-refractivity contribution in [2.45, 2.75) is 6.42 Å². The Hall–Kier alpha value is -2.01. The van der Waals surface area contributed by atoms with Gasteiger partial charge in [-0.15, -0.1) is 0 Å². The molecule has 3 rings (SSSR count). The summed E-state index contributed by atoms with van der Waals surface area (Å²) in [4.78, 5) is 12.1. The van der Waals surface area contributed by atoms with Crippen molar-refractivity contribution in [3.05, 3.63) is 52.5 Å². The normalized spacial score (nSPS) is 12.8. The van der Waals surface area contributed by atoms with Gasteiger partial charge in [-0.3, -0.25) is 4.79 Å². The highest BCUT2D eigenvalue weighted by Gasteiger charge is 2.13. The number of rotatable bonds is 3. The number of hydrogen-bond donors (Lipinski definition) is 1. The highest BCUT2D eigenvalue weighted by molar-refractivity contribution is 9.10. The van der Waals surface area contributed by atoms with Gasteiger partial charge in [-0.05, 0) is 35.9 Å². The predicted molar refractivity (Wildman–Crippen MR) is 83.9 cm³/mol. The molecule has 0 aromatic heterocycles. The van der Waals surface area contributed by atoms with Gasteiger partial charge in [-0.2, -0.15) is 0 Å². The first kappa shape index (κ1) is 13.9. The van der Waals surface area contributed by atoms with Crippen molar-refractivity contribution >= 4 is 27.5 Å². The number of halogens is 1. The highest BCUT2D eigenvalue weighted by Crippen LogP contribution is 2.30. The molecule has 21 heavy (non-hydrogen) atoms. The Labute approximate surface area is 131 Å². The third-order valence-corrected chi connectivity index (χ3v) is 3.57. The number of benzene rings is 2. The van der Waals surface area contributed by atoms with Gasteiger partial charge >= 0.3 is 0 Å². The molecule has 108 valence electrons. The monoisotopic (exact) mass is 347 g/mol. The SMILES string of the molecule is O=C(Cc1ccc2c(c1)OCCO2)Nc1cccc(Br)c1. The van der Waals surface area contributed by atoms with E-state index in [0.717, 1.165) is 21.5 Å². The first-order valence-corrected chi connectivity index (χ1v) is 7.44. The van der Waals surface area contributed by atoms with Crippen LogP contribution in [0.1, 0.15) is 5.56 Å². The summed E-state index contributed by atoms with van der Waals surface area (Å²) in [6, 6.07) is 13.1. The molecule has 0 unspecified atom stereocenters. The molecule has 1 aliphatic rings. The molecular formula is C16H14BrNO3. The zero-order chi connectivity index (χ0) is 14.7. The molecule has 1 N–H and O–H groups in total. The van der Waals surface area contributed by atoms with Crippen molar-refractivity contribution in [3.63, 3.8) is 0 Å². The van der Waals surface area contributed by atoms with Gasteiger partial charge in [0, 0.05) is 10.2 Å². The van der Waals surface area contributed by atoms with Crippen molar-refractivity contribution in [1.82, 2.24) is 0 Å². The lowest BCUT2D eigenvalue weighted by Crippen LogP contribution is -2.17. The van der Waals surface area contributed by atoms with E-state index in [1.165, 1.54) is 0 Å². The van der Waals surface area contributed by atoms with E-state index in [1.807, 2.05) is 42.5 Å². The molecule has 1 heterocycles. The third-order valence-electron chi connectivity index (χ3n) is 3.08. The zero-order valence-electron chi connectivity index (χ0n) is 11.3. The van der Waals surface area contributed by atoms with E-state index in [9.17, 15) is 4.79 Å². The van der Waals surface area contributed by atoms with Crippen LogP contribution in [0.4, 0.5) is 5.69 Å². The molecular weight excluding hydrogens is 334 g/mol. The van der Waals surface area contributed by atoms with E-state index in [-0.39, 0.29) is 5.91 Å². The number of nitrogens with one attached hydrogen (secondary N) is 1. The number of ether oxygens (including phenoxy) is 2. The zero-order valence-corrected chi connectivity index (χ0v) is 12.9. The van der Waals surface area contributed by atoms with Gasteiger partial charge in [-0.1, -0.05) is 28.1 Å². The van der Waals surface area contributed by atoms with Crippen LogP contribution in [0, 0.1) is 0 Å². The number of carbonyl (C=O) groups excluding carboxylic acids is 1. The predicted octanol–water partition coefficient (Wildman–Crippen LogP) is 3.40. The Morgan fingerprint density at radius 2 is 1.90 bits per heavy atom. The van der Waals surface area contributed by atoms with Gasteiger partial charge in [0.15, 0.2) is 11.5 Å². The van der Waals surface area contributed by atoms with E-state index in [1.54, 1.807) is 0 Å². The average molecular weight is 348 g/mol. The fourth-order valence-corrected chi connectivity index (χ4v) is 2.55. The second kappa shape index (κ2) is 6.18. The third kappa shape index (κ3) is 3.55. The lowest BCUT2D eigenvalue weighted by molar-refractivity contribution is -0.115. The molecule has 0 aliphatic carbocycles. The van der Waals surface area contributed by atoms with E-state index in [4.69, 9.17) is 9.47 Å². The second-order valence-corrected chi connectivity index (χ2v) is 5.63. The smallest absolute Gasteiger partial charge is 0.228 e. The molecule has 1 amide bonds. The number of amides is 1. The number of anilines is 1. The lowest BCUT2D eigenvalue weighted by Gasteiger charge is -2.18. The topological polar surface area (TPSA) is 47.6 Å². The molecule has 2 aromatic carbocycles. The van der Waals surface area contributed by atoms with Crippen LogP contribution in [0.5, 0.6) is 11.5 Å². The van der Waals surface area contributed by atoms with Crippen LogP contribution >= 0.6 is 15.9 Å². The minimum atomic E-state index is -0.0650. The standard InChI is InChI=1S/C16H14BrNO3/c17-12-2-1-3-13(10-12)18-16(19)9-11-4-5-14-15(8-11)21-7-6-20-14/h1-5,8,10H,6-7,9H2,(H,18,19). The molecule has 0 fully saturated rings. The summed E-state index contributed by atoms with van der Waals surface area (Å²) in [6.45, 7) is 1.11. The molecule has 0 spiro atoms. The van der Waals surface area contributed by atoms with Gasteiger partial charge < -0.3 is 14.8 Å². The van der Waals surface area contributed by atoms with Crippen molar-refractivity contribution in [3.8, 4) is 11.5 Å². The van der Waals surface area contributed by atoms with Crippen molar-refractivity contribution in [1.29, 1.82) is 0 Å². The molecule has 0 saturated heterocycles. The minimum absolute atomic E-state index is 0.0650. The molecule has 1 aliphatic heterocycles. The first-order valence-electron chi connectivity index (χ1n) is 6.65. The van der Waals surface area contributed by atoms with E-state index < -0.39 is 0 Å². The number of fused-ring (bicyclic) bond motifs is 1. The summed E-state index contributed by atoms with van der Waals surface area (Å²) < 4.78 is 11.9. The summed E-state index contributed by atoms with van der Waals surface area (Å²) in [5, 5.41) is 2.87. The summed E-state index contributed by atoms with van der Waals surface area (Å²) in [6.07, 6.45) is 0.295. The van der Waals surface area contributed by atoms with E-state index in [2.05, 4.69) is 21.2 Å². The molecule has 0 saturated carbocycles. The molecule has 0 atom stereocenters. The lowest BCUT2D eigenvalue weighted by atomic mass is 10.1. The van der Waals surface area contributed by atoms with Crippen LogP contribution < -0.4 is 14.8 Å². The number of hydrogen-bond acceptors (Lipinski definition) is 3. The Balaban J connectivity index is 1.67. The van der Waals surface area contributed by atoms with Crippen LogP contribution in [0.3, 0.4) is 0 Å². The molecule has 0 bridgehead atoms. The van der Waals surface area contributed by atoms with Crippen molar-refractivity contribution in [2.75, 3.05) is 18.5 Å². The summed E-state index contributed by atoms with van der Waals surface area (Å²) in [7, 11) is 0. The summed E-state index contributed by atoms with van der Waals surface area (Å²) in [5.41, 5.74) is 1.67. The first-order chi connectivity index (χ1) is 10.2. The Kier molecular flexibility index (Phi) is 4.10. The number of carbonyl (C=O) groups is 1. The second-order valence-electron chi connectivity index (χ2n) is 4.71.